The molecule has 1 saturated heterocycles. The Bertz CT molecular complexity index is 511. The summed E-state index contributed by atoms with van der Waals surface area (Å²) in [6.45, 7) is 2.25. The second kappa shape index (κ2) is 8.19. The number of benzene rings is 1. The average molecular weight is 312 g/mol. The Morgan fingerprint density at radius 2 is 2.14 bits per heavy atom. The number of hydrogen-bond acceptors (Lipinski definition) is 3. The van der Waals surface area contributed by atoms with E-state index in [1.54, 1.807) is 0 Å². The van der Waals surface area contributed by atoms with Crippen LogP contribution in [0.15, 0.2) is 18.2 Å². The minimum Gasteiger partial charge on any atom is -0.395 e. The fraction of sp³-hybridized carbons (Fsp3) is 0.562. The molecular formula is C16H22F2N2O2. The molecule has 1 atom stereocenters. The molecule has 1 aliphatic rings. The molecule has 0 bridgehead atoms. The van der Waals surface area contributed by atoms with Crippen LogP contribution in [0.2, 0.25) is 0 Å². The van der Waals surface area contributed by atoms with E-state index >= 15 is 0 Å². The monoisotopic (exact) mass is 312 g/mol. The molecule has 122 valence electrons. The molecule has 1 amide bonds. The molecule has 2 rings (SSSR count). The number of likely N-dealkylation sites (tertiary alicyclic amines) is 1. The highest BCUT2D eigenvalue weighted by Gasteiger charge is 2.21. The molecule has 1 aromatic rings. The topological polar surface area (TPSA) is 52.6 Å². The lowest BCUT2D eigenvalue weighted by Crippen LogP contribution is -2.45. The quantitative estimate of drug-likeness (QED) is 0.836. The van der Waals surface area contributed by atoms with Gasteiger partial charge in [-0.15, -0.1) is 0 Å². The molecule has 1 aliphatic heterocycles. The summed E-state index contributed by atoms with van der Waals surface area (Å²) >= 11 is 0. The zero-order valence-electron chi connectivity index (χ0n) is 12.5. The summed E-state index contributed by atoms with van der Waals surface area (Å²) in [6.07, 6.45) is 3.25. The molecule has 1 heterocycles. The van der Waals surface area contributed by atoms with E-state index in [2.05, 4.69) is 10.2 Å². The molecule has 2 N–H and O–H groups in total. The lowest BCUT2D eigenvalue weighted by molar-refractivity contribution is -0.120. The maximum absolute atomic E-state index is 13.1. The number of carbonyl (C=O) groups excluding carboxylic acids is 1. The molecule has 1 fully saturated rings. The third-order valence-corrected chi connectivity index (χ3v) is 4.03. The van der Waals surface area contributed by atoms with Crippen LogP contribution in [0.5, 0.6) is 0 Å². The van der Waals surface area contributed by atoms with Gasteiger partial charge in [0.05, 0.1) is 13.0 Å². The number of halogens is 2. The van der Waals surface area contributed by atoms with Crippen molar-refractivity contribution in [3.8, 4) is 0 Å². The van der Waals surface area contributed by atoms with Crippen LogP contribution in [0, 0.1) is 11.6 Å². The predicted molar refractivity (Wildman–Crippen MR) is 79.4 cm³/mol. The van der Waals surface area contributed by atoms with Crippen molar-refractivity contribution < 1.29 is 18.7 Å². The molecule has 6 heteroatoms. The van der Waals surface area contributed by atoms with E-state index in [1.165, 1.54) is 6.07 Å². The highest BCUT2D eigenvalue weighted by molar-refractivity contribution is 5.78. The third-order valence-electron chi connectivity index (χ3n) is 4.03. The summed E-state index contributed by atoms with van der Waals surface area (Å²) in [6, 6.07) is 3.65. The molecule has 0 aromatic heterocycles. The maximum atomic E-state index is 13.1. The SMILES string of the molecule is O=C(Cc1ccc(F)c(F)c1)NCCN1CCCCC1CO. The third kappa shape index (κ3) is 4.74. The number of amides is 1. The van der Waals surface area contributed by atoms with Crippen LogP contribution in [0.25, 0.3) is 0 Å². The Balaban J connectivity index is 1.74. The van der Waals surface area contributed by atoms with Crippen LogP contribution in [-0.2, 0) is 11.2 Å². The minimum absolute atomic E-state index is 0.0284. The number of rotatable bonds is 6. The van der Waals surface area contributed by atoms with Gasteiger partial charge >= 0.3 is 0 Å². The van der Waals surface area contributed by atoms with Crippen LogP contribution >= 0.6 is 0 Å². The van der Waals surface area contributed by atoms with Crippen LogP contribution in [0.4, 0.5) is 8.78 Å². The average Bonchev–Trinajstić information content (AvgIpc) is 2.51. The zero-order valence-corrected chi connectivity index (χ0v) is 12.5. The van der Waals surface area contributed by atoms with Crippen molar-refractivity contribution in [1.29, 1.82) is 0 Å². The Kier molecular flexibility index (Phi) is 6.27. The second-order valence-electron chi connectivity index (χ2n) is 5.64. The maximum Gasteiger partial charge on any atom is 0.224 e. The van der Waals surface area contributed by atoms with E-state index in [4.69, 9.17) is 0 Å². The predicted octanol–water partition coefficient (Wildman–Crippen LogP) is 1.47. The van der Waals surface area contributed by atoms with E-state index in [1.807, 2.05) is 0 Å². The van der Waals surface area contributed by atoms with E-state index < -0.39 is 11.6 Å². The minimum atomic E-state index is -0.940. The van der Waals surface area contributed by atoms with Crippen molar-refractivity contribution in [3.05, 3.63) is 35.4 Å². The number of nitrogens with one attached hydrogen (secondary N) is 1. The number of nitrogens with zero attached hydrogens (tertiary/aromatic N) is 1. The van der Waals surface area contributed by atoms with Crippen LogP contribution < -0.4 is 5.32 Å². The van der Waals surface area contributed by atoms with Crippen molar-refractivity contribution in [1.82, 2.24) is 10.2 Å². The smallest absolute Gasteiger partial charge is 0.224 e. The largest absolute Gasteiger partial charge is 0.395 e. The summed E-state index contributed by atoms with van der Waals surface area (Å²) in [7, 11) is 0. The Hall–Kier alpha value is -1.53. The van der Waals surface area contributed by atoms with Crippen molar-refractivity contribution in [2.45, 2.75) is 31.7 Å². The fourth-order valence-corrected chi connectivity index (χ4v) is 2.80. The number of piperidine rings is 1. The van der Waals surface area contributed by atoms with Crippen molar-refractivity contribution in [3.63, 3.8) is 0 Å². The van der Waals surface area contributed by atoms with Crippen LogP contribution in [-0.4, -0.2) is 48.2 Å². The molecule has 0 spiro atoms. The first-order chi connectivity index (χ1) is 10.6. The van der Waals surface area contributed by atoms with Gasteiger partial charge in [-0.1, -0.05) is 12.5 Å². The first-order valence-corrected chi connectivity index (χ1v) is 7.65. The lowest BCUT2D eigenvalue weighted by Gasteiger charge is -2.34. The van der Waals surface area contributed by atoms with Crippen LogP contribution in [0.3, 0.4) is 0 Å². The molecule has 22 heavy (non-hydrogen) atoms. The molecule has 0 aliphatic carbocycles. The molecule has 4 nitrogen and oxygen atoms in total. The Morgan fingerprint density at radius 3 is 2.86 bits per heavy atom. The summed E-state index contributed by atoms with van der Waals surface area (Å²) in [5.41, 5.74) is 0.447. The zero-order chi connectivity index (χ0) is 15.9. The molecular weight excluding hydrogens is 290 g/mol. The standard InChI is InChI=1S/C16H22F2N2O2/c17-14-5-4-12(9-15(14)18)10-16(22)19-6-8-20-7-2-1-3-13(20)11-21/h4-5,9,13,21H,1-3,6-8,10-11H2,(H,19,22). The number of aliphatic hydroxyl groups excluding tert-OH is 1. The van der Waals surface area contributed by atoms with Gasteiger partial charge in [-0.05, 0) is 37.1 Å². The first-order valence-electron chi connectivity index (χ1n) is 7.65. The molecule has 1 aromatic carbocycles. The summed E-state index contributed by atoms with van der Waals surface area (Å²) in [5, 5.41) is 12.1. The van der Waals surface area contributed by atoms with Crippen molar-refractivity contribution >= 4 is 5.91 Å². The van der Waals surface area contributed by atoms with E-state index in [0.717, 1.165) is 37.9 Å². The van der Waals surface area contributed by atoms with Gasteiger partial charge in [0.25, 0.3) is 0 Å². The number of carbonyl (C=O) groups is 1. The summed E-state index contributed by atoms with van der Waals surface area (Å²) in [4.78, 5) is 14.0. The van der Waals surface area contributed by atoms with Crippen LogP contribution in [0.1, 0.15) is 24.8 Å². The highest BCUT2D eigenvalue weighted by atomic mass is 19.2. The van der Waals surface area contributed by atoms with Gasteiger partial charge in [0.15, 0.2) is 11.6 Å². The van der Waals surface area contributed by atoms with Gasteiger partial charge < -0.3 is 10.4 Å². The number of hydrogen-bond donors (Lipinski definition) is 2. The van der Waals surface area contributed by atoms with Crippen molar-refractivity contribution in [2.24, 2.45) is 0 Å². The summed E-state index contributed by atoms with van der Waals surface area (Å²) in [5.74, 6) is -2.07. The number of aliphatic hydroxyl groups is 1. The van der Waals surface area contributed by atoms with E-state index in [9.17, 15) is 18.7 Å². The first kappa shape index (κ1) is 16.8. The van der Waals surface area contributed by atoms with Gasteiger partial charge in [0, 0.05) is 19.1 Å². The van der Waals surface area contributed by atoms with Gasteiger partial charge in [0.1, 0.15) is 0 Å². The molecule has 0 saturated carbocycles. The van der Waals surface area contributed by atoms with E-state index in [-0.39, 0.29) is 25.0 Å². The van der Waals surface area contributed by atoms with Gasteiger partial charge in [-0.2, -0.15) is 0 Å². The van der Waals surface area contributed by atoms with Gasteiger partial charge in [-0.25, -0.2) is 8.78 Å². The fourth-order valence-electron chi connectivity index (χ4n) is 2.80. The molecule has 1 unspecified atom stereocenters. The lowest BCUT2D eigenvalue weighted by atomic mass is 10.0. The highest BCUT2D eigenvalue weighted by Crippen LogP contribution is 2.15. The summed E-state index contributed by atoms with van der Waals surface area (Å²) < 4.78 is 25.9. The Morgan fingerprint density at radius 1 is 1.32 bits per heavy atom. The van der Waals surface area contributed by atoms with Gasteiger partial charge in [-0.3, -0.25) is 9.69 Å². The Labute approximate surface area is 129 Å². The normalized spacial score (nSPS) is 19.1. The van der Waals surface area contributed by atoms with Gasteiger partial charge in [0.2, 0.25) is 5.91 Å². The van der Waals surface area contributed by atoms with Crippen molar-refractivity contribution in [2.75, 3.05) is 26.2 Å². The second-order valence-corrected chi connectivity index (χ2v) is 5.64. The van der Waals surface area contributed by atoms with E-state index in [0.29, 0.717) is 18.7 Å². The molecule has 0 radical (unpaired) electrons.